The van der Waals surface area contributed by atoms with Crippen molar-refractivity contribution in [3.05, 3.63) is 47.7 Å². The number of hydrogen-bond donors (Lipinski definition) is 1. The highest BCUT2D eigenvalue weighted by atomic mass is 16.4. The minimum absolute atomic E-state index is 0.0283. The number of fused-ring (bicyclic) bond motifs is 1. The molecule has 0 fully saturated rings. The fourth-order valence-corrected chi connectivity index (χ4v) is 2.33. The van der Waals surface area contributed by atoms with E-state index in [0.29, 0.717) is 18.7 Å². The highest BCUT2D eigenvalue weighted by Crippen LogP contribution is 2.12. The lowest BCUT2D eigenvalue weighted by atomic mass is 10.2. The molecule has 0 radical (unpaired) electrons. The molecule has 7 nitrogen and oxygen atoms in total. The van der Waals surface area contributed by atoms with Gasteiger partial charge in [0.25, 0.3) is 0 Å². The predicted octanol–water partition coefficient (Wildman–Crippen LogP) is 1.62. The first-order valence-corrected chi connectivity index (χ1v) is 6.77. The molecule has 3 aromatic heterocycles. The second-order valence-corrected chi connectivity index (χ2v) is 4.80. The average Bonchev–Trinajstić information content (AvgIpc) is 3.03. The van der Waals surface area contributed by atoms with Gasteiger partial charge in [-0.1, -0.05) is 24.6 Å². The van der Waals surface area contributed by atoms with Crippen molar-refractivity contribution in [3.8, 4) is 0 Å². The predicted molar refractivity (Wildman–Crippen MR) is 75.3 cm³/mol. The van der Waals surface area contributed by atoms with Gasteiger partial charge in [0.2, 0.25) is 0 Å². The van der Waals surface area contributed by atoms with E-state index in [1.807, 2.05) is 41.9 Å². The standard InChI is InChI=1S/C14H15N5O2/c1-2-5-11-13(14(20)21)16-17-19(11)9-10-8-18-7-4-3-6-12(18)15-10/h3-4,6-8H,2,5,9H2,1H3,(H,20,21). The van der Waals surface area contributed by atoms with Gasteiger partial charge in [0.1, 0.15) is 5.65 Å². The van der Waals surface area contributed by atoms with E-state index in [9.17, 15) is 4.79 Å². The topological polar surface area (TPSA) is 85.3 Å². The number of aromatic nitrogens is 5. The molecule has 3 aromatic rings. The van der Waals surface area contributed by atoms with Crippen LogP contribution in [0.15, 0.2) is 30.6 Å². The Morgan fingerprint density at radius 1 is 1.38 bits per heavy atom. The molecule has 108 valence electrons. The molecule has 0 saturated carbocycles. The number of pyridine rings is 1. The van der Waals surface area contributed by atoms with Crippen LogP contribution in [0.1, 0.15) is 35.2 Å². The van der Waals surface area contributed by atoms with Crippen LogP contribution in [0.25, 0.3) is 5.65 Å². The zero-order valence-corrected chi connectivity index (χ0v) is 11.6. The third kappa shape index (κ3) is 2.49. The molecule has 3 heterocycles. The molecule has 0 unspecified atom stereocenters. The monoisotopic (exact) mass is 285 g/mol. The maximum Gasteiger partial charge on any atom is 0.358 e. The van der Waals surface area contributed by atoms with Gasteiger partial charge in [-0.3, -0.25) is 0 Å². The molecule has 0 bridgehead atoms. The number of hydrogen-bond acceptors (Lipinski definition) is 4. The number of carboxylic acids is 1. The summed E-state index contributed by atoms with van der Waals surface area (Å²) in [5.41, 5.74) is 2.34. The van der Waals surface area contributed by atoms with E-state index in [1.54, 1.807) is 4.68 Å². The highest BCUT2D eigenvalue weighted by molar-refractivity contribution is 5.86. The summed E-state index contributed by atoms with van der Waals surface area (Å²) in [4.78, 5) is 15.7. The molecule has 0 saturated heterocycles. The van der Waals surface area contributed by atoms with Crippen molar-refractivity contribution in [1.82, 2.24) is 24.4 Å². The van der Waals surface area contributed by atoms with Gasteiger partial charge in [-0.05, 0) is 18.6 Å². The molecule has 1 N–H and O–H groups in total. The van der Waals surface area contributed by atoms with E-state index in [4.69, 9.17) is 5.11 Å². The van der Waals surface area contributed by atoms with Crippen LogP contribution in [0.2, 0.25) is 0 Å². The molecule has 0 aliphatic rings. The van der Waals surface area contributed by atoms with Crippen molar-refractivity contribution in [2.24, 2.45) is 0 Å². The summed E-state index contributed by atoms with van der Waals surface area (Å²) in [6.45, 7) is 2.41. The first-order chi connectivity index (χ1) is 10.2. The van der Waals surface area contributed by atoms with Crippen molar-refractivity contribution < 1.29 is 9.90 Å². The smallest absolute Gasteiger partial charge is 0.358 e. The van der Waals surface area contributed by atoms with E-state index in [-0.39, 0.29) is 5.69 Å². The maximum atomic E-state index is 11.2. The summed E-state index contributed by atoms with van der Waals surface area (Å²) in [5, 5.41) is 16.9. The van der Waals surface area contributed by atoms with Crippen LogP contribution < -0.4 is 0 Å². The van der Waals surface area contributed by atoms with E-state index < -0.39 is 5.97 Å². The van der Waals surface area contributed by atoms with Crippen molar-refractivity contribution in [3.63, 3.8) is 0 Å². The lowest BCUT2D eigenvalue weighted by Gasteiger charge is -2.03. The van der Waals surface area contributed by atoms with Crippen LogP contribution in [0.3, 0.4) is 0 Å². The number of rotatable bonds is 5. The minimum atomic E-state index is -1.04. The molecular formula is C14H15N5O2. The summed E-state index contributed by atoms with van der Waals surface area (Å²) < 4.78 is 3.54. The van der Waals surface area contributed by atoms with E-state index in [2.05, 4.69) is 15.3 Å². The Morgan fingerprint density at radius 2 is 2.24 bits per heavy atom. The Balaban J connectivity index is 1.95. The second kappa shape index (κ2) is 5.35. The summed E-state index contributed by atoms with van der Waals surface area (Å²) in [6.07, 6.45) is 5.29. The first kappa shape index (κ1) is 13.3. The molecule has 0 spiro atoms. The van der Waals surface area contributed by atoms with Crippen molar-refractivity contribution >= 4 is 11.6 Å². The van der Waals surface area contributed by atoms with E-state index in [0.717, 1.165) is 17.8 Å². The summed E-state index contributed by atoms with van der Waals surface area (Å²) in [5.74, 6) is -1.04. The van der Waals surface area contributed by atoms with Gasteiger partial charge in [0, 0.05) is 12.4 Å². The molecule has 0 amide bonds. The lowest BCUT2D eigenvalue weighted by Crippen LogP contribution is -2.09. The summed E-state index contributed by atoms with van der Waals surface area (Å²) >= 11 is 0. The number of imidazole rings is 1. The molecule has 0 aromatic carbocycles. The van der Waals surface area contributed by atoms with Gasteiger partial charge in [-0.25, -0.2) is 14.5 Å². The zero-order valence-electron chi connectivity index (χ0n) is 11.6. The number of aromatic carboxylic acids is 1. The molecule has 0 aliphatic carbocycles. The molecule has 0 atom stereocenters. The van der Waals surface area contributed by atoms with Gasteiger partial charge in [-0.15, -0.1) is 5.10 Å². The van der Waals surface area contributed by atoms with Crippen LogP contribution >= 0.6 is 0 Å². The number of nitrogens with zero attached hydrogens (tertiary/aromatic N) is 5. The van der Waals surface area contributed by atoms with Gasteiger partial charge >= 0.3 is 5.97 Å². The van der Waals surface area contributed by atoms with E-state index in [1.165, 1.54) is 0 Å². The summed E-state index contributed by atoms with van der Waals surface area (Å²) in [6, 6.07) is 5.77. The Hall–Kier alpha value is -2.70. The third-order valence-electron chi connectivity index (χ3n) is 3.25. The first-order valence-electron chi connectivity index (χ1n) is 6.77. The Kier molecular flexibility index (Phi) is 3.39. The van der Waals surface area contributed by atoms with Crippen LogP contribution in [-0.2, 0) is 13.0 Å². The quantitative estimate of drug-likeness (QED) is 0.770. The Morgan fingerprint density at radius 3 is 2.95 bits per heavy atom. The van der Waals surface area contributed by atoms with Crippen LogP contribution in [0.5, 0.6) is 0 Å². The molecule has 21 heavy (non-hydrogen) atoms. The van der Waals surface area contributed by atoms with Crippen LogP contribution in [0.4, 0.5) is 0 Å². The van der Waals surface area contributed by atoms with Crippen molar-refractivity contribution in [2.45, 2.75) is 26.3 Å². The summed E-state index contributed by atoms with van der Waals surface area (Å²) in [7, 11) is 0. The van der Waals surface area contributed by atoms with Crippen molar-refractivity contribution in [1.29, 1.82) is 0 Å². The van der Waals surface area contributed by atoms with Gasteiger partial charge in [0.15, 0.2) is 5.69 Å². The highest BCUT2D eigenvalue weighted by Gasteiger charge is 2.18. The average molecular weight is 285 g/mol. The van der Waals surface area contributed by atoms with Gasteiger partial charge in [0.05, 0.1) is 17.9 Å². The third-order valence-corrected chi connectivity index (χ3v) is 3.25. The lowest BCUT2D eigenvalue weighted by molar-refractivity contribution is 0.0689. The Labute approximate surface area is 120 Å². The normalized spacial score (nSPS) is 11.1. The van der Waals surface area contributed by atoms with Gasteiger partial charge < -0.3 is 9.51 Å². The largest absolute Gasteiger partial charge is 0.476 e. The molecule has 3 rings (SSSR count). The van der Waals surface area contributed by atoms with Crippen LogP contribution in [-0.4, -0.2) is 35.5 Å². The number of carbonyl (C=O) groups is 1. The van der Waals surface area contributed by atoms with E-state index >= 15 is 0 Å². The van der Waals surface area contributed by atoms with Crippen molar-refractivity contribution in [2.75, 3.05) is 0 Å². The second-order valence-electron chi connectivity index (χ2n) is 4.80. The fraction of sp³-hybridized carbons (Fsp3) is 0.286. The molecule has 0 aliphatic heterocycles. The maximum absolute atomic E-state index is 11.2. The Bertz CT molecular complexity index is 757. The van der Waals surface area contributed by atoms with Crippen LogP contribution in [0, 0.1) is 0 Å². The number of carboxylic acid groups (broad SMARTS) is 1. The van der Waals surface area contributed by atoms with Gasteiger partial charge in [-0.2, -0.15) is 0 Å². The molecule has 7 heteroatoms. The molecular weight excluding hydrogens is 270 g/mol. The SMILES string of the molecule is CCCc1c(C(=O)O)nnn1Cc1cn2ccccc2n1. The minimum Gasteiger partial charge on any atom is -0.476 e. The fourth-order valence-electron chi connectivity index (χ4n) is 2.33. The zero-order chi connectivity index (χ0) is 14.8.